The van der Waals surface area contributed by atoms with Crippen LogP contribution in [0.1, 0.15) is 44.6 Å². The van der Waals surface area contributed by atoms with Crippen molar-refractivity contribution in [2.24, 2.45) is 11.8 Å². The molecule has 1 amide bonds. The van der Waals surface area contributed by atoms with Crippen LogP contribution in [-0.2, 0) is 16.0 Å². The number of nitrogens with one attached hydrogen (secondary N) is 1. The number of carboxylic acid groups (broad SMARTS) is 1. The minimum Gasteiger partial charge on any atom is -0.497 e. The average molecular weight is 333 g/mol. The number of rotatable bonds is 7. The molecule has 1 aliphatic carbocycles. The number of carbonyl (C=O) groups excluding carboxylic acids is 1. The van der Waals surface area contributed by atoms with Crippen molar-refractivity contribution >= 4 is 11.9 Å². The lowest BCUT2D eigenvalue weighted by molar-refractivity contribution is -0.144. The molecule has 5 heteroatoms. The van der Waals surface area contributed by atoms with Gasteiger partial charge in [-0.05, 0) is 63.1 Å². The van der Waals surface area contributed by atoms with Gasteiger partial charge in [0.25, 0.3) is 0 Å². The number of aliphatic carboxylic acids is 1. The number of amides is 1. The first-order chi connectivity index (χ1) is 11.5. The Balaban J connectivity index is 1.72. The summed E-state index contributed by atoms with van der Waals surface area (Å²) >= 11 is 0. The number of ether oxygens (including phenoxy) is 1. The number of benzene rings is 1. The van der Waals surface area contributed by atoms with Crippen LogP contribution in [0.5, 0.6) is 5.75 Å². The highest BCUT2D eigenvalue weighted by molar-refractivity contribution is 5.79. The standard InChI is InChI=1S/C19H27NO4/c1-13(3-4-14-5-11-17(24-2)12-6-14)20-18(21)15-7-9-16(10-8-15)19(22)23/h5-6,11-13,15-16H,3-4,7-10H2,1-2H3,(H,20,21)(H,22,23). The molecule has 0 spiro atoms. The molecule has 5 nitrogen and oxygen atoms in total. The van der Waals surface area contributed by atoms with Crippen LogP contribution in [0.15, 0.2) is 24.3 Å². The van der Waals surface area contributed by atoms with Gasteiger partial charge in [-0.25, -0.2) is 0 Å². The van der Waals surface area contributed by atoms with E-state index in [0.29, 0.717) is 25.7 Å². The fourth-order valence-corrected chi connectivity index (χ4v) is 3.21. The van der Waals surface area contributed by atoms with E-state index in [9.17, 15) is 9.59 Å². The minimum atomic E-state index is -0.735. The monoisotopic (exact) mass is 333 g/mol. The normalized spacial score (nSPS) is 21.8. The Morgan fingerprint density at radius 1 is 1.17 bits per heavy atom. The van der Waals surface area contributed by atoms with Crippen molar-refractivity contribution in [3.63, 3.8) is 0 Å². The van der Waals surface area contributed by atoms with Crippen molar-refractivity contribution in [1.29, 1.82) is 0 Å². The maximum Gasteiger partial charge on any atom is 0.306 e. The summed E-state index contributed by atoms with van der Waals surface area (Å²) in [6, 6.07) is 8.08. The minimum absolute atomic E-state index is 0.0379. The van der Waals surface area contributed by atoms with Gasteiger partial charge in [0.15, 0.2) is 0 Å². The number of hydrogen-bond donors (Lipinski definition) is 2. The molecule has 24 heavy (non-hydrogen) atoms. The highest BCUT2D eigenvalue weighted by Gasteiger charge is 2.30. The number of methoxy groups -OCH3 is 1. The molecule has 1 aromatic carbocycles. The second-order valence-corrected chi connectivity index (χ2v) is 6.68. The third-order valence-corrected chi connectivity index (χ3v) is 4.86. The average Bonchev–Trinajstić information content (AvgIpc) is 2.60. The number of hydrogen-bond acceptors (Lipinski definition) is 3. The molecular weight excluding hydrogens is 306 g/mol. The van der Waals surface area contributed by atoms with Crippen LogP contribution in [-0.4, -0.2) is 30.1 Å². The fourth-order valence-electron chi connectivity index (χ4n) is 3.21. The van der Waals surface area contributed by atoms with Gasteiger partial charge in [0.1, 0.15) is 5.75 Å². The third-order valence-electron chi connectivity index (χ3n) is 4.86. The zero-order chi connectivity index (χ0) is 17.5. The highest BCUT2D eigenvalue weighted by atomic mass is 16.5. The lowest BCUT2D eigenvalue weighted by Crippen LogP contribution is -2.39. The number of carboxylic acids is 1. The van der Waals surface area contributed by atoms with Crippen molar-refractivity contribution in [2.45, 2.75) is 51.5 Å². The molecule has 2 rings (SSSR count). The highest BCUT2D eigenvalue weighted by Crippen LogP contribution is 2.29. The first-order valence-electron chi connectivity index (χ1n) is 8.65. The Hall–Kier alpha value is -2.04. The van der Waals surface area contributed by atoms with Crippen molar-refractivity contribution in [1.82, 2.24) is 5.32 Å². The molecule has 1 saturated carbocycles. The van der Waals surface area contributed by atoms with E-state index in [2.05, 4.69) is 5.32 Å². The van der Waals surface area contributed by atoms with E-state index >= 15 is 0 Å². The van der Waals surface area contributed by atoms with E-state index in [4.69, 9.17) is 9.84 Å². The van der Waals surface area contributed by atoms with Gasteiger partial charge >= 0.3 is 5.97 Å². The second-order valence-electron chi connectivity index (χ2n) is 6.68. The summed E-state index contributed by atoms with van der Waals surface area (Å²) in [5.41, 5.74) is 1.22. The summed E-state index contributed by atoms with van der Waals surface area (Å²) in [6.07, 6.45) is 4.34. The molecule has 0 heterocycles. The summed E-state index contributed by atoms with van der Waals surface area (Å²) < 4.78 is 5.14. The summed E-state index contributed by atoms with van der Waals surface area (Å²) in [6.45, 7) is 2.02. The molecule has 0 radical (unpaired) electrons. The first-order valence-corrected chi connectivity index (χ1v) is 8.65. The molecule has 132 valence electrons. The van der Waals surface area contributed by atoms with E-state index in [0.717, 1.165) is 18.6 Å². The smallest absolute Gasteiger partial charge is 0.306 e. The Labute approximate surface area is 143 Å². The summed E-state index contributed by atoms with van der Waals surface area (Å²) in [7, 11) is 1.65. The fraction of sp³-hybridized carbons (Fsp3) is 0.579. The zero-order valence-electron chi connectivity index (χ0n) is 14.5. The Morgan fingerprint density at radius 2 is 1.75 bits per heavy atom. The van der Waals surface area contributed by atoms with Crippen molar-refractivity contribution < 1.29 is 19.4 Å². The molecule has 0 aromatic heterocycles. The van der Waals surface area contributed by atoms with Crippen molar-refractivity contribution in [3.8, 4) is 5.75 Å². The predicted octanol–water partition coefficient (Wildman–Crippen LogP) is 3.02. The van der Waals surface area contributed by atoms with Crippen molar-refractivity contribution in [2.75, 3.05) is 7.11 Å². The van der Waals surface area contributed by atoms with Crippen molar-refractivity contribution in [3.05, 3.63) is 29.8 Å². The van der Waals surface area contributed by atoms with Crippen LogP contribution in [0.25, 0.3) is 0 Å². The molecule has 1 atom stereocenters. The molecule has 1 aromatic rings. The molecular formula is C19H27NO4. The van der Waals surface area contributed by atoms with Crippen LogP contribution in [0.4, 0.5) is 0 Å². The van der Waals surface area contributed by atoms with E-state index in [1.54, 1.807) is 7.11 Å². The van der Waals surface area contributed by atoms with Gasteiger partial charge in [0, 0.05) is 12.0 Å². The van der Waals surface area contributed by atoms with E-state index in [1.165, 1.54) is 5.56 Å². The van der Waals surface area contributed by atoms with Gasteiger partial charge in [0.2, 0.25) is 5.91 Å². The van der Waals surface area contributed by atoms with E-state index in [1.807, 2.05) is 31.2 Å². The van der Waals surface area contributed by atoms with E-state index < -0.39 is 5.97 Å². The number of carbonyl (C=O) groups is 2. The van der Waals surface area contributed by atoms with Crippen LogP contribution in [0, 0.1) is 11.8 Å². The molecule has 1 aliphatic rings. The molecule has 0 saturated heterocycles. The van der Waals surface area contributed by atoms with Gasteiger partial charge < -0.3 is 15.2 Å². The second kappa shape index (κ2) is 8.71. The van der Waals surface area contributed by atoms with E-state index in [-0.39, 0.29) is 23.8 Å². The Bertz CT molecular complexity index is 547. The molecule has 1 unspecified atom stereocenters. The van der Waals surface area contributed by atoms with Crippen LogP contribution in [0.3, 0.4) is 0 Å². The lowest BCUT2D eigenvalue weighted by atomic mass is 9.81. The molecule has 1 fully saturated rings. The zero-order valence-corrected chi connectivity index (χ0v) is 14.5. The Kier molecular flexibility index (Phi) is 6.64. The van der Waals surface area contributed by atoms with Gasteiger partial charge in [-0.1, -0.05) is 12.1 Å². The van der Waals surface area contributed by atoms with Gasteiger partial charge in [-0.3, -0.25) is 9.59 Å². The van der Waals surface area contributed by atoms with Crippen LogP contribution >= 0.6 is 0 Å². The van der Waals surface area contributed by atoms with Crippen LogP contribution in [0.2, 0.25) is 0 Å². The largest absolute Gasteiger partial charge is 0.497 e. The van der Waals surface area contributed by atoms with Gasteiger partial charge in [-0.15, -0.1) is 0 Å². The molecule has 0 bridgehead atoms. The maximum absolute atomic E-state index is 12.3. The SMILES string of the molecule is COc1ccc(CCC(C)NC(=O)C2CCC(C(=O)O)CC2)cc1. The quantitative estimate of drug-likeness (QED) is 0.804. The topological polar surface area (TPSA) is 75.6 Å². The maximum atomic E-state index is 12.3. The predicted molar refractivity (Wildman–Crippen MR) is 92.0 cm³/mol. The molecule has 2 N–H and O–H groups in total. The number of aryl methyl sites for hydroxylation is 1. The molecule has 0 aliphatic heterocycles. The first kappa shape index (κ1) is 18.3. The summed E-state index contributed by atoms with van der Waals surface area (Å²) in [5.74, 6) is -0.134. The third kappa shape index (κ3) is 5.25. The van der Waals surface area contributed by atoms with Gasteiger partial charge in [-0.2, -0.15) is 0 Å². The lowest BCUT2D eigenvalue weighted by Gasteiger charge is -2.26. The summed E-state index contributed by atoms with van der Waals surface area (Å²) in [5, 5.41) is 12.1. The van der Waals surface area contributed by atoms with Crippen LogP contribution < -0.4 is 10.1 Å². The summed E-state index contributed by atoms with van der Waals surface area (Å²) in [4.78, 5) is 23.3. The Morgan fingerprint density at radius 3 is 2.29 bits per heavy atom. The van der Waals surface area contributed by atoms with Gasteiger partial charge in [0.05, 0.1) is 13.0 Å².